The maximum absolute atomic E-state index is 13.8. The van der Waals surface area contributed by atoms with Crippen molar-refractivity contribution < 1.29 is 27.8 Å². The topological polar surface area (TPSA) is 105 Å². The number of anilines is 1. The third-order valence-corrected chi connectivity index (χ3v) is 12.4. The largest absolute Gasteiger partial charge is 0.487 e. The quantitative estimate of drug-likeness (QED) is 0.380. The summed E-state index contributed by atoms with van der Waals surface area (Å²) in [6.07, 6.45) is 10.3. The first-order chi connectivity index (χ1) is 21.7. The van der Waals surface area contributed by atoms with Crippen molar-refractivity contribution in [1.29, 1.82) is 0 Å². The zero-order chi connectivity index (χ0) is 31.6. The zero-order valence-electron chi connectivity index (χ0n) is 26.0. The van der Waals surface area contributed by atoms with Gasteiger partial charge in [-0.25, -0.2) is 13.1 Å². The van der Waals surface area contributed by atoms with Gasteiger partial charge in [-0.3, -0.25) is 4.79 Å². The van der Waals surface area contributed by atoms with E-state index in [2.05, 4.69) is 9.62 Å². The Kier molecular flexibility index (Phi) is 10.1. The fraction of sp³-hybridized carbons (Fsp3) is 0.571. The molecule has 2 N–H and O–H groups in total. The molecule has 3 aliphatic heterocycles. The highest BCUT2D eigenvalue weighted by Gasteiger charge is 2.38. The number of nitrogens with one attached hydrogen (secondary N) is 1. The molecule has 3 heterocycles. The van der Waals surface area contributed by atoms with Crippen LogP contribution < -0.4 is 14.4 Å². The number of allylic oxidation sites excluding steroid dienone is 1. The standard InChI is InChI=1S/C35H45ClN2O6S/c1-23-6-4-9-32(39)30-14-11-26(30)21-38-16-3-2-7-24-18-28(36)13-10-27(24)22-44-33-15-12-25(19-31(33)38)35(40)37-45(41,42)34(23)20-29-8-5-17-43-29/h4,9-10,12-13,15,18-19,23,26,29-30,32,34,39H,2-3,5-8,11,14,16-17,20-22H2,1H3,(H,37,40)/b9-4+/t23-,26-,29+,30+,32-,34-/m0/s1. The Labute approximate surface area is 272 Å². The molecule has 1 saturated heterocycles. The lowest BCUT2D eigenvalue weighted by atomic mass is 9.70. The third kappa shape index (κ3) is 7.53. The van der Waals surface area contributed by atoms with Crippen molar-refractivity contribution in [3.8, 4) is 5.75 Å². The van der Waals surface area contributed by atoms with Crippen LogP contribution in [-0.2, 0) is 27.8 Å². The summed E-state index contributed by atoms with van der Waals surface area (Å²) in [5.74, 6) is 0.128. The van der Waals surface area contributed by atoms with E-state index in [1.165, 1.54) is 5.56 Å². The minimum Gasteiger partial charge on any atom is -0.487 e. The summed E-state index contributed by atoms with van der Waals surface area (Å²) < 4.78 is 42.3. The van der Waals surface area contributed by atoms with Crippen LogP contribution in [0.15, 0.2) is 48.6 Å². The summed E-state index contributed by atoms with van der Waals surface area (Å²) in [6, 6.07) is 11.1. The molecule has 0 aromatic heterocycles. The van der Waals surface area contributed by atoms with Crippen molar-refractivity contribution in [3.05, 3.63) is 70.3 Å². The van der Waals surface area contributed by atoms with Crippen LogP contribution in [0.3, 0.4) is 0 Å². The molecule has 1 aliphatic carbocycles. The van der Waals surface area contributed by atoms with Crippen molar-refractivity contribution in [2.75, 3.05) is 24.6 Å². The number of carbonyl (C=O) groups excluding carboxylic acids is 1. The minimum absolute atomic E-state index is 0.122. The van der Waals surface area contributed by atoms with Crippen LogP contribution in [0.1, 0.15) is 79.8 Å². The van der Waals surface area contributed by atoms with E-state index in [-0.39, 0.29) is 29.4 Å². The number of carbonyl (C=O) groups is 1. The second-order valence-electron chi connectivity index (χ2n) is 13.3. The Morgan fingerprint density at radius 2 is 1.93 bits per heavy atom. The normalized spacial score (nSPS) is 31.3. The maximum atomic E-state index is 13.8. The number of sulfonamides is 1. The van der Waals surface area contributed by atoms with Gasteiger partial charge < -0.3 is 19.5 Å². The molecule has 1 amide bonds. The van der Waals surface area contributed by atoms with Crippen LogP contribution in [0.2, 0.25) is 5.02 Å². The fourth-order valence-electron chi connectivity index (χ4n) is 7.38. The number of rotatable bonds is 2. The Balaban J connectivity index is 1.36. The number of ether oxygens (including phenoxy) is 2. The van der Waals surface area contributed by atoms with E-state index in [1.54, 1.807) is 18.2 Å². The monoisotopic (exact) mass is 656 g/mol. The third-order valence-electron chi connectivity index (χ3n) is 10.2. The van der Waals surface area contributed by atoms with E-state index in [0.29, 0.717) is 43.4 Å². The Hall–Kier alpha value is -2.59. The number of aliphatic hydroxyl groups excluding tert-OH is 1. The first-order valence-corrected chi connectivity index (χ1v) is 18.4. The van der Waals surface area contributed by atoms with Crippen molar-refractivity contribution in [2.45, 2.75) is 88.8 Å². The SMILES string of the molecule is C[C@H]1C/C=C/[C@H](O)[C@@H]2CC[C@H]2CN2CCCCc3cc(Cl)ccc3COc3ccc(cc32)C(=O)NS(=O)(=O)[C@H]1C[C@H]1CCCO1. The molecular formula is C35H45ClN2O6S. The van der Waals surface area contributed by atoms with Gasteiger partial charge in [0.05, 0.1) is 23.1 Å². The molecule has 0 unspecified atom stereocenters. The average molecular weight is 657 g/mol. The molecule has 2 aromatic carbocycles. The number of amides is 1. The fourth-order valence-corrected chi connectivity index (χ4v) is 9.29. The van der Waals surface area contributed by atoms with E-state index < -0.39 is 27.3 Å². The van der Waals surface area contributed by atoms with Gasteiger partial charge in [-0.05, 0) is 117 Å². The molecule has 6 atom stereocenters. The highest BCUT2D eigenvalue weighted by molar-refractivity contribution is 7.90. The molecule has 1 saturated carbocycles. The number of fused-ring (bicyclic) bond motifs is 3. The smallest absolute Gasteiger partial charge is 0.264 e. The van der Waals surface area contributed by atoms with Gasteiger partial charge in [0, 0.05) is 30.3 Å². The lowest BCUT2D eigenvalue weighted by molar-refractivity contribution is 0.0460. The molecule has 45 heavy (non-hydrogen) atoms. The van der Waals surface area contributed by atoms with Gasteiger partial charge in [-0.15, -0.1) is 0 Å². The van der Waals surface area contributed by atoms with Crippen LogP contribution in [0.25, 0.3) is 0 Å². The Bertz CT molecular complexity index is 1510. The van der Waals surface area contributed by atoms with Gasteiger partial charge >= 0.3 is 0 Å². The van der Waals surface area contributed by atoms with Gasteiger partial charge in [0.25, 0.3) is 5.91 Å². The van der Waals surface area contributed by atoms with E-state index in [9.17, 15) is 18.3 Å². The highest BCUT2D eigenvalue weighted by Crippen LogP contribution is 2.41. The minimum atomic E-state index is -4.04. The lowest BCUT2D eigenvalue weighted by Gasteiger charge is -2.42. The molecule has 2 bridgehead atoms. The van der Waals surface area contributed by atoms with Crippen molar-refractivity contribution in [1.82, 2.24) is 4.72 Å². The summed E-state index contributed by atoms with van der Waals surface area (Å²) in [5.41, 5.74) is 3.28. The van der Waals surface area contributed by atoms with E-state index in [0.717, 1.165) is 62.7 Å². The Morgan fingerprint density at radius 1 is 1.07 bits per heavy atom. The first kappa shape index (κ1) is 32.4. The molecule has 2 aromatic rings. The van der Waals surface area contributed by atoms with Gasteiger partial charge in [-0.1, -0.05) is 36.7 Å². The second-order valence-corrected chi connectivity index (χ2v) is 15.6. The first-order valence-electron chi connectivity index (χ1n) is 16.5. The van der Waals surface area contributed by atoms with Gasteiger partial charge in [0.2, 0.25) is 10.0 Å². The van der Waals surface area contributed by atoms with Crippen LogP contribution in [-0.4, -0.2) is 56.6 Å². The van der Waals surface area contributed by atoms with Crippen molar-refractivity contribution in [2.24, 2.45) is 17.8 Å². The molecule has 6 rings (SSSR count). The number of hydrogen-bond donors (Lipinski definition) is 2. The maximum Gasteiger partial charge on any atom is 0.264 e. The van der Waals surface area contributed by atoms with Crippen LogP contribution in [0.4, 0.5) is 5.69 Å². The van der Waals surface area contributed by atoms with Gasteiger partial charge in [0.1, 0.15) is 12.4 Å². The van der Waals surface area contributed by atoms with Crippen LogP contribution in [0, 0.1) is 17.8 Å². The molecule has 0 spiro atoms. The zero-order valence-corrected chi connectivity index (χ0v) is 27.6. The van der Waals surface area contributed by atoms with E-state index in [4.69, 9.17) is 21.1 Å². The summed E-state index contributed by atoms with van der Waals surface area (Å²) in [6.45, 7) is 4.33. The van der Waals surface area contributed by atoms with Crippen LogP contribution >= 0.6 is 11.6 Å². The summed E-state index contributed by atoms with van der Waals surface area (Å²) in [5, 5.41) is 11.1. The molecule has 244 valence electrons. The van der Waals surface area contributed by atoms with Crippen molar-refractivity contribution >= 4 is 33.2 Å². The molecule has 2 fully saturated rings. The Morgan fingerprint density at radius 3 is 2.71 bits per heavy atom. The van der Waals surface area contributed by atoms with Crippen LogP contribution in [0.5, 0.6) is 5.75 Å². The predicted octanol–water partition coefficient (Wildman–Crippen LogP) is 6.04. The molecule has 8 nitrogen and oxygen atoms in total. The number of halogens is 1. The van der Waals surface area contributed by atoms with Gasteiger partial charge in [0.15, 0.2) is 0 Å². The summed E-state index contributed by atoms with van der Waals surface area (Å²) >= 11 is 6.33. The van der Waals surface area contributed by atoms with E-state index >= 15 is 0 Å². The summed E-state index contributed by atoms with van der Waals surface area (Å²) in [7, 11) is -4.04. The van der Waals surface area contributed by atoms with Crippen molar-refractivity contribution in [3.63, 3.8) is 0 Å². The molecule has 10 heteroatoms. The van der Waals surface area contributed by atoms with Gasteiger partial charge in [-0.2, -0.15) is 0 Å². The number of hydrogen-bond acceptors (Lipinski definition) is 7. The number of benzene rings is 2. The molecule has 4 aliphatic rings. The predicted molar refractivity (Wildman–Crippen MR) is 176 cm³/mol. The molecule has 0 radical (unpaired) electrons. The highest BCUT2D eigenvalue weighted by atomic mass is 35.5. The number of nitrogens with zero attached hydrogens (tertiary/aromatic N) is 1. The lowest BCUT2D eigenvalue weighted by Crippen LogP contribution is -2.44. The molecular weight excluding hydrogens is 612 g/mol. The number of aryl methyl sites for hydroxylation is 1. The van der Waals surface area contributed by atoms with E-state index in [1.807, 2.05) is 37.3 Å². The second kappa shape index (κ2) is 14.0. The average Bonchev–Trinajstić information content (AvgIpc) is 3.50. The number of aliphatic hydroxyl groups is 1. The summed E-state index contributed by atoms with van der Waals surface area (Å²) in [4.78, 5) is 15.9.